The molecule has 0 radical (unpaired) electrons. The molecular formula is C19H24F2IN3O3. The van der Waals surface area contributed by atoms with Gasteiger partial charge in [0.05, 0.1) is 21.3 Å². The molecule has 0 aliphatic heterocycles. The van der Waals surface area contributed by atoms with Gasteiger partial charge in [-0.2, -0.15) is 0 Å². The molecule has 0 atom stereocenters. The van der Waals surface area contributed by atoms with E-state index in [0.29, 0.717) is 47.4 Å². The van der Waals surface area contributed by atoms with E-state index in [-0.39, 0.29) is 24.0 Å². The van der Waals surface area contributed by atoms with Crippen LogP contribution in [0.15, 0.2) is 35.3 Å². The van der Waals surface area contributed by atoms with Crippen molar-refractivity contribution in [2.75, 3.05) is 40.2 Å². The zero-order valence-electron chi connectivity index (χ0n) is 16.1. The van der Waals surface area contributed by atoms with E-state index in [1.54, 1.807) is 25.2 Å². The van der Waals surface area contributed by atoms with Crippen molar-refractivity contribution in [1.29, 1.82) is 0 Å². The summed E-state index contributed by atoms with van der Waals surface area (Å²) in [5, 5.41) is 6.15. The fourth-order valence-corrected chi connectivity index (χ4v) is 2.53. The maximum atomic E-state index is 13.7. The standard InChI is InChI=1S/C19H23F2N3O3.HI/c1-22-19(23-9-8-12-6-5-7-14(20)17(12)21)24-13-10-15(25-2)18(27-4)16(11-13)26-3;/h5-7,10-11H,8-9H2,1-4H3,(H2,22,23,24);1H. The van der Waals surface area contributed by atoms with Crippen LogP contribution < -0.4 is 24.8 Å². The van der Waals surface area contributed by atoms with Crippen molar-refractivity contribution in [2.45, 2.75) is 6.42 Å². The van der Waals surface area contributed by atoms with Crippen LogP contribution in [0, 0.1) is 11.6 Å². The molecule has 0 amide bonds. The molecule has 0 heterocycles. The summed E-state index contributed by atoms with van der Waals surface area (Å²) >= 11 is 0. The molecule has 0 saturated carbocycles. The number of rotatable bonds is 7. The van der Waals surface area contributed by atoms with Crippen molar-refractivity contribution in [2.24, 2.45) is 4.99 Å². The number of nitrogens with one attached hydrogen (secondary N) is 2. The first kappa shape index (κ1) is 23.7. The molecule has 2 rings (SSSR count). The lowest BCUT2D eigenvalue weighted by atomic mass is 10.1. The average Bonchev–Trinajstić information content (AvgIpc) is 2.69. The largest absolute Gasteiger partial charge is 0.493 e. The van der Waals surface area contributed by atoms with E-state index in [1.807, 2.05) is 0 Å². The van der Waals surface area contributed by atoms with Crippen LogP contribution in [0.4, 0.5) is 14.5 Å². The molecule has 0 aromatic heterocycles. The van der Waals surface area contributed by atoms with Gasteiger partial charge in [-0.05, 0) is 18.1 Å². The van der Waals surface area contributed by atoms with Gasteiger partial charge in [0.25, 0.3) is 0 Å². The number of anilines is 1. The van der Waals surface area contributed by atoms with Crippen molar-refractivity contribution in [3.63, 3.8) is 0 Å². The van der Waals surface area contributed by atoms with Crippen LogP contribution in [-0.2, 0) is 6.42 Å². The Morgan fingerprint density at radius 3 is 2.21 bits per heavy atom. The highest BCUT2D eigenvalue weighted by Gasteiger charge is 2.14. The number of hydrogen-bond acceptors (Lipinski definition) is 4. The van der Waals surface area contributed by atoms with Gasteiger partial charge in [-0.25, -0.2) is 8.78 Å². The van der Waals surface area contributed by atoms with Crippen molar-refractivity contribution < 1.29 is 23.0 Å². The first-order valence-corrected chi connectivity index (χ1v) is 8.24. The minimum Gasteiger partial charge on any atom is -0.493 e. The fraction of sp³-hybridized carbons (Fsp3) is 0.316. The van der Waals surface area contributed by atoms with Gasteiger partial charge in [-0.3, -0.25) is 4.99 Å². The summed E-state index contributed by atoms with van der Waals surface area (Å²) in [5.41, 5.74) is 0.959. The molecule has 0 fully saturated rings. The van der Waals surface area contributed by atoms with Crippen LogP contribution in [0.2, 0.25) is 0 Å². The second kappa shape index (κ2) is 11.5. The highest BCUT2D eigenvalue weighted by molar-refractivity contribution is 14.0. The summed E-state index contributed by atoms with van der Waals surface area (Å²) < 4.78 is 42.9. The van der Waals surface area contributed by atoms with Gasteiger partial charge in [0.15, 0.2) is 29.1 Å². The Morgan fingerprint density at radius 1 is 1.04 bits per heavy atom. The number of nitrogens with zero attached hydrogens (tertiary/aromatic N) is 1. The predicted octanol–water partition coefficient (Wildman–Crippen LogP) is 3.84. The maximum absolute atomic E-state index is 13.7. The Kier molecular flexibility index (Phi) is 9.77. The molecule has 28 heavy (non-hydrogen) atoms. The summed E-state index contributed by atoms with van der Waals surface area (Å²) in [6.45, 7) is 0.366. The lowest BCUT2D eigenvalue weighted by molar-refractivity contribution is 0.324. The van der Waals surface area contributed by atoms with E-state index in [4.69, 9.17) is 14.2 Å². The minimum atomic E-state index is -0.854. The SMILES string of the molecule is CN=C(NCCc1cccc(F)c1F)Nc1cc(OC)c(OC)c(OC)c1.I. The number of methoxy groups -OCH3 is 3. The summed E-state index contributed by atoms with van der Waals surface area (Å²) in [4.78, 5) is 4.12. The molecule has 0 unspecified atom stereocenters. The molecule has 0 aliphatic carbocycles. The zero-order valence-corrected chi connectivity index (χ0v) is 18.5. The van der Waals surface area contributed by atoms with Crippen molar-refractivity contribution >= 4 is 35.6 Å². The molecule has 2 aromatic rings. The Hall–Kier alpha value is -2.30. The number of halogens is 3. The van der Waals surface area contributed by atoms with Crippen LogP contribution in [0.5, 0.6) is 17.2 Å². The van der Waals surface area contributed by atoms with Crippen LogP contribution >= 0.6 is 24.0 Å². The molecule has 0 spiro atoms. The van der Waals surface area contributed by atoms with Crippen LogP contribution in [-0.4, -0.2) is 40.9 Å². The van der Waals surface area contributed by atoms with Gasteiger partial charge < -0.3 is 24.8 Å². The Morgan fingerprint density at radius 2 is 1.68 bits per heavy atom. The van der Waals surface area contributed by atoms with Gasteiger partial charge in [-0.1, -0.05) is 12.1 Å². The number of benzene rings is 2. The molecule has 6 nitrogen and oxygen atoms in total. The third kappa shape index (κ3) is 5.85. The summed E-state index contributed by atoms with van der Waals surface area (Å²) in [7, 11) is 6.19. The van der Waals surface area contributed by atoms with Gasteiger partial charge in [0, 0.05) is 31.4 Å². The molecular weight excluding hydrogens is 483 g/mol. The molecule has 0 saturated heterocycles. The van der Waals surface area contributed by atoms with Crippen molar-refractivity contribution in [3.8, 4) is 17.2 Å². The summed E-state index contributed by atoms with van der Waals surface area (Å²) in [6.07, 6.45) is 0.305. The first-order valence-electron chi connectivity index (χ1n) is 8.24. The number of hydrogen-bond donors (Lipinski definition) is 2. The van der Waals surface area contributed by atoms with E-state index in [0.717, 1.165) is 6.07 Å². The van der Waals surface area contributed by atoms with E-state index < -0.39 is 11.6 Å². The lowest BCUT2D eigenvalue weighted by Crippen LogP contribution is -2.32. The Bertz CT molecular complexity index is 794. The van der Waals surface area contributed by atoms with E-state index in [9.17, 15) is 8.78 Å². The van der Waals surface area contributed by atoms with Gasteiger partial charge in [0.2, 0.25) is 5.75 Å². The van der Waals surface area contributed by atoms with Crippen LogP contribution in [0.3, 0.4) is 0 Å². The lowest BCUT2D eigenvalue weighted by Gasteiger charge is -2.16. The highest BCUT2D eigenvalue weighted by atomic mass is 127. The molecule has 0 bridgehead atoms. The van der Waals surface area contributed by atoms with Crippen molar-refractivity contribution in [3.05, 3.63) is 47.5 Å². The maximum Gasteiger partial charge on any atom is 0.203 e. The van der Waals surface area contributed by atoms with Gasteiger partial charge in [-0.15, -0.1) is 24.0 Å². The van der Waals surface area contributed by atoms with Crippen LogP contribution in [0.25, 0.3) is 0 Å². The number of ether oxygens (including phenoxy) is 3. The summed E-state index contributed by atoms with van der Waals surface area (Å²) in [5.74, 6) is 0.253. The molecule has 9 heteroatoms. The third-order valence-electron chi connectivity index (χ3n) is 3.87. The monoisotopic (exact) mass is 507 g/mol. The normalized spacial score (nSPS) is 10.7. The smallest absolute Gasteiger partial charge is 0.203 e. The minimum absolute atomic E-state index is 0. The fourth-order valence-electron chi connectivity index (χ4n) is 2.53. The number of guanidine groups is 1. The Labute approximate surface area is 180 Å². The quantitative estimate of drug-likeness (QED) is 0.339. The van der Waals surface area contributed by atoms with Crippen LogP contribution in [0.1, 0.15) is 5.56 Å². The molecule has 2 aromatic carbocycles. The molecule has 2 N–H and O–H groups in total. The average molecular weight is 507 g/mol. The van der Waals surface area contributed by atoms with Crippen molar-refractivity contribution in [1.82, 2.24) is 5.32 Å². The summed E-state index contributed by atoms with van der Waals surface area (Å²) in [6, 6.07) is 7.60. The van der Waals surface area contributed by atoms with Gasteiger partial charge >= 0.3 is 0 Å². The number of aliphatic imine (C=N–C) groups is 1. The predicted molar refractivity (Wildman–Crippen MR) is 117 cm³/mol. The van der Waals surface area contributed by atoms with Gasteiger partial charge in [0.1, 0.15) is 0 Å². The third-order valence-corrected chi connectivity index (χ3v) is 3.87. The molecule has 154 valence electrons. The molecule has 0 aliphatic rings. The van der Waals surface area contributed by atoms with E-state index in [2.05, 4.69) is 15.6 Å². The highest BCUT2D eigenvalue weighted by Crippen LogP contribution is 2.39. The van der Waals surface area contributed by atoms with E-state index >= 15 is 0 Å². The van der Waals surface area contributed by atoms with E-state index in [1.165, 1.54) is 27.4 Å². The second-order valence-electron chi connectivity index (χ2n) is 5.50. The first-order chi connectivity index (χ1) is 13.0. The Balaban J connectivity index is 0.00000392. The zero-order chi connectivity index (χ0) is 19.8. The second-order valence-corrected chi connectivity index (χ2v) is 5.50. The topological polar surface area (TPSA) is 64.1 Å².